The Balaban J connectivity index is 2.71. The maximum atomic E-state index is 12.5. The molecule has 0 atom stereocenters. The Morgan fingerprint density at radius 1 is 1.42 bits per heavy atom. The number of nitrogens with one attached hydrogen (secondary N) is 1. The van der Waals surface area contributed by atoms with Gasteiger partial charge in [-0.3, -0.25) is 14.7 Å². The molecule has 2 amide bonds. The molecule has 0 spiro atoms. The van der Waals surface area contributed by atoms with Gasteiger partial charge >= 0.3 is 6.09 Å². The van der Waals surface area contributed by atoms with Crippen molar-refractivity contribution in [2.75, 3.05) is 19.6 Å². The van der Waals surface area contributed by atoms with Crippen molar-refractivity contribution in [3.63, 3.8) is 0 Å². The Kier molecular flexibility index (Phi) is 7.61. The second-order valence-electron chi connectivity index (χ2n) is 6.69. The monoisotopic (exact) mass is 337 g/mol. The van der Waals surface area contributed by atoms with E-state index in [4.69, 9.17) is 4.74 Å². The zero-order chi connectivity index (χ0) is 18.2. The van der Waals surface area contributed by atoms with Crippen molar-refractivity contribution in [1.29, 1.82) is 0 Å². The van der Waals surface area contributed by atoms with E-state index in [0.29, 0.717) is 31.6 Å². The summed E-state index contributed by atoms with van der Waals surface area (Å²) in [6.45, 7) is 8.38. The Morgan fingerprint density at radius 3 is 2.71 bits per heavy atom. The lowest BCUT2D eigenvalue weighted by atomic mass is 10.1. The summed E-state index contributed by atoms with van der Waals surface area (Å²) in [5.74, 6) is 0.352. The van der Waals surface area contributed by atoms with E-state index in [0.717, 1.165) is 12.0 Å². The molecule has 1 N–H and O–H groups in total. The van der Waals surface area contributed by atoms with Crippen LogP contribution in [-0.2, 0) is 14.3 Å². The van der Waals surface area contributed by atoms with Crippen molar-refractivity contribution in [1.82, 2.24) is 10.2 Å². The molecule has 0 radical (unpaired) electrons. The molecule has 1 aliphatic rings. The topological polar surface area (TPSA) is 88.1 Å². The molecule has 0 aromatic heterocycles. The van der Waals surface area contributed by atoms with Crippen LogP contribution in [0.2, 0.25) is 0 Å². The molecule has 7 nitrogen and oxygen atoms in total. The lowest BCUT2D eigenvalue weighted by molar-refractivity contribution is -0.122. The second-order valence-corrected chi connectivity index (χ2v) is 6.69. The fraction of sp³-hybridized carbons (Fsp3) is 0.647. The number of aliphatic imine (C=N–C) groups is 1. The molecule has 0 fully saturated rings. The van der Waals surface area contributed by atoms with Crippen molar-refractivity contribution in [3.05, 3.63) is 11.6 Å². The normalized spacial score (nSPS) is 14.3. The van der Waals surface area contributed by atoms with Crippen molar-refractivity contribution < 1.29 is 19.1 Å². The molecular formula is C17H27N3O4. The molecule has 0 saturated carbocycles. The van der Waals surface area contributed by atoms with E-state index < -0.39 is 11.7 Å². The van der Waals surface area contributed by atoms with Crippen LogP contribution in [-0.4, -0.2) is 54.3 Å². The van der Waals surface area contributed by atoms with E-state index in [1.165, 1.54) is 4.90 Å². The number of carbonyl (C=O) groups is 3. The number of hydrogen-bond donors (Lipinski definition) is 1. The molecular weight excluding hydrogens is 310 g/mol. The molecule has 7 heteroatoms. The van der Waals surface area contributed by atoms with Gasteiger partial charge in [0.25, 0.3) is 0 Å². The van der Waals surface area contributed by atoms with Crippen molar-refractivity contribution in [2.24, 2.45) is 4.99 Å². The number of amidine groups is 1. The first kappa shape index (κ1) is 19.9. The third-order valence-electron chi connectivity index (χ3n) is 3.21. The van der Waals surface area contributed by atoms with Gasteiger partial charge in [0, 0.05) is 19.5 Å². The van der Waals surface area contributed by atoms with Gasteiger partial charge in [-0.05, 0) is 46.6 Å². The van der Waals surface area contributed by atoms with Crippen LogP contribution in [0, 0.1) is 0 Å². The lowest BCUT2D eigenvalue weighted by Gasteiger charge is -2.28. The van der Waals surface area contributed by atoms with Gasteiger partial charge < -0.3 is 14.8 Å². The van der Waals surface area contributed by atoms with E-state index in [1.807, 2.05) is 13.0 Å². The Labute approximate surface area is 143 Å². The summed E-state index contributed by atoms with van der Waals surface area (Å²) in [5, 5.41) is 2.48. The van der Waals surface area contributed by atoms with Crippen LogP contribution in [0.4, 0.5) is 4.79 Å². The first-order valence-corrected chi connectivity index (χ1v) is 8.15. The number of amides is 2. The minimum Gasteiger partial charge on any atom is -0.443 e. The molecule has 0 bridgehead atoms. The number of rotatable bonds is 6. The van der Waals surface area contributed by atoms with E-state index in [1.54, 1.807) is 20.8 Å². The van der Waals surface area contributed by atoms with E-state index >= 15 is 0 Å². The van der Waals surface area contributed by atoms with Crippen molar-refractivity contribution in [2.45, 2.75) is 52.6 Å². The third-order valence-corrected chi connectivity index (χ3v) is 3.21. The van der Waals surface area contributed by atoms with Gasteiger partial charge in [0.2, 0.25) is 5.91 Å². The van der Waals surface area contributed by atoms with Crippen LogP contribution >= 0.6 is 0 Å². The van der Waals surface area contributed by atoms with Crippen LogP contribution in [0.15, 0.2) is 16.6 Å². The third kappa shape index (κ3) is 7.39. The Hall–Kier alpha value is -2.18. The maximum absolute atomic E-state index is 12.5. The van der Waals surface area contributed by atoms with Gasteiger partial charge in [0.15, 0.2) is 0 Å². The molecule has 0 saturated heterocycles. The number of carbonyl (C=O) groups excluding carboxylic acids is 3. The summed E-state index contributed by atoms with van der Waals surface area (Å²) in [4.78, 5) is 40.1. The maximum Gasteiger partial charge on any atom is 0.415 e. The highest BCUT2D eigenvalue weighted by Gasteiger charge is 2.25. The SMILES string of the molecule is CC1=CC(N(CCCC(=O)NCC=O)C(=O)OC(C)(C)C)=NCC1. The second kappa shape index (κ2) is 9.20. The summed E-state index contributed by atoms with van der Waals surface area (Å²) < 4.78 is 5.44. The molecule has 1 heterocycles. The molecule has 0 aromatic rings. The Morgan fingerprint density at radius 2 is 2.12 bits per heavy atom. The van der Waals surface area contributed by atoms with Gasteiger partial charge in [-0.15, -0.1) is 0 Å². The quantitative estimate of drug-likeness (QED) is 0.752. The highest BCUT2D eigenvalue weighted by atomic mass is 16.6. The van der Waals surface area contributed by atoms with E-state index in [2.05, 4.69) is 10.3 Å². The fourth-order valence-electron chi connectivity index (χ4n) is 2.11. The Bertz CT molecular complexity index is 532. The number of hydrogen-bond acceptors (Lipinski definition) is 5. The van der Waals surface area contributed by atoms with Gasteiger partial charge in [-0.2, -0.15) is 0 Å². The number of ether oxygens (including phenoxy) is 1. The first-order valence-electron chi connectivity index (χ1n) is 8.15. The smallest absolute Gasteiger partial charge is 0.415 e. The van der Waals surface area contributed by atoms with Crippen LogP contribution in [0.3, 0.4) is 0 Å². The van der Waals surface area contributed by atoms with Gasteiger partial charge in [0.1, 0.15) is 17.7 Å². The highest BCUT2D eigenvalue weighted by Crippen LogP contribution is 2.15. The van der Waals surface area contributed by atoms with Gasteiger partial charge in [-0.25, -0.2) is 4.79 Å². The van der Waals surface area contributed by atoms with E-state index in [-0.39, 0.29) is 18.9 Å². The summed E-state index contributed by atoms with van der Waals surface area (Å²) in [5.41, 5.74) is 0.544. The lowest BCUT2D eigenvalue weighted by Crippen LogP contribution is -2.41. The molecule has 1 rings (SSSR count). The molecule has 134 valence electrons. The molecule has 24 heavy (non-hydrogen) atoms. The summed E-state index contributed by atoms with van der Waals surface area (Å²) in [7, 11) is 0. The van der Waals surface area contributed by atoms with Crippen LogP contribution in [0.1, 0.15) is 47.0 Å². The molecule has 0 aromatic carbocycles. The van der Waals surface area contributed by atoms with Crippen LogP contribution in [0.5, 0.6) is 0 Å². The summed E-state index contributed by atoms with van der Waals surface area (Å²) >= 11 is 0. The van der Waals surface area contributed by atoms with Crippen molar-refractivity contribution >= 4 is 24.1 Å². The summed E-state index contributed by atoms with van der Waals surface area (Å²) in [6, 6.07) is 0. The minimum atomic E-state index is -0.606. The van der Waals surface area contributed by atoms with E-state index in [9.17, 15) is 14.4 Å². The number of nitrogens with zero attached hydrogens (tertiary/aromatic N) is 2. The minimum absolute atomic E-state index is 0.00323. The average molecular weight is 337 g/mol. The predicted molar refractivity (Wildman–Crippen MR) is 91.9 cm³/mol. The van der Waals surface area contributed by atoms with Gasteiger partial charge in [0.05, 0.1) is 6.54 Å². The first-order chi connectivity index (χ1) is 11.2. The largest absolute Gasteiger partial charge is 0.443 e. The highest BCUT2D eigenvalue weighted by molar-refractivity contribution is 6.03. The average Bonchev–Trinajstić information content (AvgIpc) is 2.47. The summed E-state index contributed by atoms with van der Waals surface area (Å²) in [6.07, 6.45) is 3.59. The number of aldehydes is 1. The zero-order valence-electron chi connectivity index (χ0n) is 14.9. The van der Waals surface area contributed by atoms with Crippen molar-refractivity contribution in [3.8, 4) is 0 Å². The number of dihydropyridines is 1. The fourth-order valence-corrected chi connectivity index (χ4v) is 2.11. The predicted octanol–water partition coefficient (Wildman–Crippen LogP) is 2.07. The van der Waals surface area contributed by atoms with Crippen LogP contribution < -0.4 is 5.32 Å². The molecule has 0 unspecified atom stereocenters. The van der Waals surface area contributed by atoms with Gasteiger partial charge in [-0.1, -0.05) is 5.57 Å². The molecule has 0 aliphatic carbocycles. The zero-order valence-corrected chi connectivity index (χ0v) is 14.9. The molecule has 1 aliphatic heterocycles. The standard InChI is InChI=1S/C17H27N3O4/c1-13-7-8-18-14(12-13)20(16(23)24-17(2,3)4)10-5-6-15(22)19-9-11-21/h11-12H,5-10H2,1-4H3,(H,19,22). The van der Waals surface area contributed by atoms with Crippen LogP contribution in [0.25, 0.3) is 0 Å².